The molecule has 0 fully saturated rings. The number of fused-ring (bicyclic) bond motifs is 1. The predicted molar refractivity (Wildman–Crippen MR) is 72.8 cm³/mol. The zero-order chi connectivity index (χ0) is 13.3. The van der Waals surface area contributed by atoms with Crippen molar-refractivity contribution < 1.29 is 9.90 Å². The van der Waals surface area contributed by atoms with Gasteiger partial charge < -0.3 is 5.11 Å². The van der Waals surface area contributed by atoms with E-state index < -0.39 is 0 Å². The molecule has 1 N–H and O–H groups in total. The molecule has 1 aromatic rings. The van der Waals surface area contributed by atoms with Crippen molar-refractivity contribution in [1.29, 1.82) is 0 Å². The van der Waals surface area contributed by atoms with Gasteiger partial charge in [-0.25, -0.2) is 0 Å². The number of hydrogen-bond donors (Lipinski definition) is 1. The van der Waals surface area contributed by atoms with Crippen molar-refractivity contribution in [3.8, 4) is 0 Å². The van der Waals surface area contributed by atoms with E-state index in [2.05, 4.69) is 32.9 Å². The Kier molecular flexibility index (Phi) is 3.58. The minimum Gasteiger partial charge on any atom is -0.396 e. The maximum atomic E-state index is 12.2. The number of Topliss-reactive ketones (excluding diaryl/α,β-unsaturated/α-hetero) is 1. The lowest BCUT2D eigenvalue weighted by molar-refractivity contribution is 0.0837. The Morgan fingerprint density at radius 3 is 2.67 bits per heavy atom. The van der Waals surface area contributed by atoms with Gasteiger partial charge in [0, 0.05) is 11.5 Å². The highest BCUT2D eigenvalue weighted by atomic mass is 16.3. The molecule has 0 bridgehead atoms. The lowest BCUT2D eigenvalue weighted by atomic mass is 9.80. The number of aliphatic hydroxyl groups excluding tert-OH is 1. The van der Waals surface area contributed by atoms with Gasteiger partial charge in [-0.05, 0) is 41.9 Å². The molecule has 2 rings (SSSR count). The smallest absolute Gasteiger partial charge is 0.168 e. The van der Waals surface area contributed by atoms with Gasteiger partial charge in [0.2, 0.25) is 0 Å². The summed E-state index contributed by atoms with van der Waals surface area (Å²) in [6.45, 7) is 6.57. The standard InChI is InChI=1S/C16H22O2/c1-16(2,3)9-11-4-5-12-6-7-13(10-17)15(18)14(12)8-11/h4-5,8,13,17H,6-7,9-10H2,1-3H3. The molecular weight excluding hydrogens is 224 g/mol. The van der Waals surface area contributed by atoms with E-state index >= 15 is 0 Å². The van der Waals surface area contributed by atoms with E-state index in [1.807, 2.05) is 6.07 Å². The van der Waals surface area contributed by atoms with Crippen LogP contribution in [0, 0.1) is 11.3 Å². The third-order valence-corrected chi connectivity index (χ3v) is 3.53. The summed E-state index contributed by atoms with van der Waals surface area (Å²) < 4.78 is 0. The van der Waals surface area contributed by atoms with Crippen LogP contribution >= 0.6 is 0 Å². The first-order valence-electron chi connectivity index (χ1n) is 6.67. The van der Waals surface area contributed by atoms with Crippen molar-refractivity contribution in [2.45, 2.75) is 40.0 Å². The van der Waals surface area contributed by atoms with Crippen LogP contribution < -0.4 is 0 Å². The lowest BCUT2D eigenvalue weighted by Gasteiger charge is -2.24. The van der Waals surface area contributed by atoms with Crippen LogP contribution in [0.5, 0.6) is 0 Å². The molecule has 0 heterocycles. The first-order chi connectivity index (χ1) is 8.40. The fourth-order valence-corrected chi connectivity index (χ4v) is 2.65. The highest BCUT2D eigenvalue weighted by Gasteiger charge is 2.27. The summed E-state index contributed by atoms with van der Waals surface area (Å²) in [4.78, 5) is 12.2. The molecule has 0 radical (unpaired) electrons. The van der Waals surface area contributed by atoms with Gasteiger partial charge in [0.25, 0.3) is 0 Å². The molecule has 0 spiro atoms. The number of ketones is 1. The number of carbonyl (C=O) groups is 1. The third kappa shape index (κ3) is 2.81. The zero-order valence-corrected chi connectivity index (χ0v) is 11.5. The summed E-state index contributed by atoms with van der Waals surface area (Å²) in [6, 6.07) is 6.25. The van der Waals surface area contributed by atoms with Crippen LogP contribution in [0.3, 0.4) is 0 Å². The molecule has 98 valence electrons. The van der Waals surface area contributed by atoms with Gasteiger partial charge >= 0.3 is 0 Å². The van der Waals surface area contributed by atoms with E-state index in [-0.39, 0.29) is 23.7 Å². The first-order valence-corrected chi connectivity index (χ1v) is 6.67. The molecule has 0 saturated heterocycles. The van der Waals surface area contributed by atoms with Crippen LogP contribution in [-0.2, 0) is 12.8 Å². The van der Waals surface area contributed by atoms with E-state index in [1.54, 1.807) is 0 Å². The molecule has 0 saturated carbocycles. The summed E-state index contributed by atoms with van der Waals surface area (Å²) in [5.74, 6) is -0.0723. The van der Waals surface area contributed by atoms with Crippen LogP contribution in [0.4, 0.5) is 0 Å². The number of aryl methyl sites for hydroxylation is 1. The van der Waals surface area contributed by atoms with Crippen molar-refractivity contribution in [2.24, 2.45) is 11.3 Å². The topological polar surface area (TPSA) is 37.3 Å². The molecule has 0 aliphatic heterocycles. The molecule has 2 nitrogen and oxygen atoms in total. The summed E-state index contributed by atoms with van der Waals surface area (Å²) in [5.41, 5.74) is 3.42. The molecule has 1 unspecified atom stereocenters. The average Bonchev–Trinajstić information content (AvgIpc) is 2.28. The quantitative estimate of drug-likeness (QED) is 0.871. The summed E-state index contributed by atoms with van der Waals surface area (Å²) in [7, 11) is 0. The Balaban J connectivity index is 2.31. The number of carbonyl (C=O) groups excluding carboxylic acids is 1. The number of benzene rings is 1. The van der Waals surface area contributed by atoms with Crippen molar-refractivity contribution >= 4 is 5.78 Å². The van der Waals surface area contributed by atoms with Crippen molar-refractivity contribution in [3.05, 3.63) is 34.9 Å². The third-order valence-electron chi connectivity index (χ3n) is 3.53. The largest absolute Gasteiger partial charge is 0.396 e. The Hall–Kier alpha value is -1.15. The summed E-state index contributed by atoms with van der Waals surface area (Å²) in [6.07, 6.45) is 2.65. The van der Waals surface area contributed by atoms with Crippen LogP contribution in [0.1, 0.15) is 48.7 Å². The van der Waals surface area contributed by atoms with Gasteiger partial charge in [0.05, 0.1) is 6.61 Å². The number of hydrogen-bond acceptors (Lipinski definition) is 2. The highest BCUT2D eigenvalue weighted by Crippen LogP contribution is 2.28. The zero-order valence-electron chi connectivity index (χ0n) is 11.5. The Labute approximate surface area is 109 Å². The molecule has 1 atom stereocenters. The van der Waals surface area contributed by atoms with Gasteiger partial charge in [-0.2, -0.15) is 0 Å². The monoisotopic (exact) mass is 246 g/mol. The molecule has 1 aromatic carbocycles. The second-order valence-corrected chi connectivity index (χ2v) is 6.51. The van der Waals surface area contributed by atoms with E-state index in [9.17, 15) is 9.90 Å². The fourth-order valence-electron chi connectivity index (χ4n) is 2.65. The molecule has 0 aromatic heterocycles. The minimum absolute atomic E-state index is 0.0260. The second kappa shape index (κ2) is 4.85. The van der Waals surface area contributed by atoms with E-state index in [1.165, 1.54) is 5.56 Å². The molecule has 2 heteroatoms. The van der Waals surface area contributed by atoms with Crippen molar-refractivity contribution in [1.82, 2.24) is 0 Å². The molecule has 1 aliphatic rings. The van der Waals surface area contributed by atoms with Crippen molar-refractivity contribution in [3.63, 3.8) is 0 Å². The van der Waals surface area contributed by atoms with Crippen LogP contribution in [0.2, 0.25) is 0 Å². The van der Waals surface area contributed by atoms with Crippen LogP contribution in [-0.4, -0.2) is 17.5 Å². The van der Waals surface area contributed by atoms with Crippen LogP contribution in [0.25, 0.3) is 0 Å². The maximum absolute atomic E-state index is 12.2. The van der Waals surface area contributed by atoms with Gasteiger partial charge in [-0.15, -0.1) is 0 Å². The number of aliphatic hydroxyl groups is 1. The second-order valence-electron chi connectivity index (χ2n) is 6.51. The average molecular weight is 246 g/mol. The maximum Gasteiger partial charge on any atom is 0.168 e. The van der Waals surface area contributed by atoms with Gasteiger partial charge in [-0.3, -0.25) is 4.79 Å². The van der Waals surface area contributed by atoms with Crippen molar-refractivity contribution in [2.75, 3.05) is 6.61 Å². The normalized spacial score (nSPS) is 19.8. The van der Waals surface area contributed by atoms with Crippen LogP contribution in [0.15, 0.2) is 18.2 Å². The first kappa shape index (κ1) is 13.3. The number of rotatable bonds is 2. The van der Waals surface area contributed by atoms with Gasteiger partial charge in [-0.1, -0.05) is 32.9 Å². The summed E-state index contributed by atoms with van der Waals surface area (Å²) in [5, 5.41) is 9.22. The van der Waals surface area contributed by atoms with E-state index in [0.29, 0.717) is 0 Å². The molecule has 18 heavy (non-hydrogen) atoms. The van der Waals surface area contributed by atoms with E-state index in [4.69, 9.17) is 0 Å². The lowest BCUT2D eigenvalue weighted by Crippen LogP contribution is -2.25. The minimum atomic E-state index is -0.192. The van der Waals surface area contributed by atoms with Gasteiger partial charge in [0.1, 0.15) is 0 Å². The summed E-state index contributed by atoms with van der Waals surface area (Å²) >= 11 is 0. The highest BCUT2D eigenvalue weighted by molar-refractivity contribution is 6.00. The van der Waals surface area contributed by atoms with Gasteiger partial charge in [0.15, 0.2) is 5.78 Å². The van der Waals surface area contributed by atoms with E-state index in [0.717, 1.165) is 30.4 Å². The predicted octanol–water partition coefficient (Wildman–Crippen LogP) is 3.01. The molecule has 0 amide bonds. The molecular formula is C16H22O2. The Morgan fingerprint density at radius 1 is 1.33 bits per heavy atom. The molecule has 1 aliphatic carbocycles. The Bertz CT molecular complexity index is 455. The SMILES string of the molecule is CC(C)(C)Cc1ccc2c(c1)C(=O)C(CO)CC2. The Morgan fingerprint density at radius 2 is 2.06 bits per heavy atom. The fraction of sp³-hybridized carbons (Fsp3) is 0.562.